The highest BCUT2D eigenvalue weighted by Crippen LogP contribution is 2.34. The molecule has 0 atom stereocenters. The number of nitrogens with two attached hydrogens (primary N) is 1. The third-order valence-electron chi connectivity index (χ3n) is 2.83. The number of methoxy groups -OCH3 is 2. The van der Waals surface area contributed by atoms with Gasteiger partial charge in [-0.3, -0.25) is 4.72 Å². The summed E-state index contributed by atoms with van der Waals surface area (Å²) in [4.78, 5) is -0.0418. The zero-order valence-corrected chi connectivity index (χ0v) is 12.5. The molecule has 2 aromatic carbocycles. The molecule has 0 spiro atoms. The van der Waals surface area contributed by atoms with Gasteiger partial charge in [0.25, 0.3) is 10.0 Å². The molecule has 0 aliphatic carbocycles. The van der Waals surface area contributed by atoms with Gasteiger partial charge in [-0.15, -0.1) is 0 Å². The van der Waals surface area contributed by atoms with Crippen LogP contribution in [0, 0.1) is 0 Å². The van der Waals surface area contributed by atoms with E-state index in [4.69, 9.17) is 15.2 Å². The summed E-state index contributed by atoms with van der Waals surface area (Å²) >= 11 is 0. The Morgan fingerprint density at radius 1 is 1.00 bits per heavy atom. The van der Waals surface area contributed by atoms with Crippen LogP contribution in [0.25, 0.3) is 0 Å². The molecule has 112 valence electrons. The number of hydrogen-bond donors (Lipinski definition) is 2. The van der Waals surface area contributed by atoms with E-state index in [0.717, 1.165) is 0 Å². The Kier molecular flexibility index (Phi) is 4.23. The van der Waals surface area contributed by atoms with Crippen LogP contribution < -0.4 is 19.9 Å². The van der Waals surface area contributed by atoms with E-state index in [0.29, 0.717) is 11.4 Å². The Balaban J connectivity index is 2.48. The smallest absolute Gasteiger partial charge is 0.265 e. The lowest BCUT2D eigenvalue weighted by Gasteiger charge is -2.14. The maximum absolute atomic E-state index is 12.5. The lowest BCUT2D eigenvalue weighted by atomic mass is 10.3. The molecule has 0 unspecified atom stereocenters. The van der Waals surface area contributed by atoms with E-state index in [9.17, 15) is 8.42 Å². The summed E-state index contributed by atoms with van der Waals surface area (Å²) < 4.78 is 37.6. The second kappa shape index (κ2) is 5.92. The van der Waals surface area contributed by atoms with Gasteiger partial charge in [0, 0.05) is 17.8 Å². The highest BCUT2D eigenvalue weighted by atomic mass is 32.2. The molecule has 0 amide bonds. The first-order chi connectivity index (χ1) is 9.97. The number of nitrogen functional groups attached to an aromatic ring is 1. The van der Waals surface area contributed by atoms with E-state index in [1.807, 2.05) is 0 Å². The first-order valence-electron chi connectivity index (χ1n) is 6.07. The largest absolute Gasteiger partial charge is 0.495 e. The Morgan fingerprint density at radius 3 is 2.19 bits per heavy atom. The topological polar surface area (TPSA) is 90.7 Å². The van der Waals surface area contributed by atoms with E-state index in [1.54, 1.807) is 30.3 Å². The van der Waals surface area contributed by atoms with Crippen molar-refractivity contribution in [1.82, 2.24) is 0 Å². The fourth-order valence-corrected chi connectivity index (χ4v) is 3.05. The van der Waals surface area contributed by atoms with Gasteiger partial charge in [0.2, 0.25) is 0 Å². The number of hydrogen-bond acceptors (Lipinski definition) is 5. The molecule has 0 fully saturated rings. The van der Waals surface area contributed by atoms with Gasteiger partial charge >= 0.3 is 0 Å². The van der Waals surface area contributed by atoms with Gasteiger partial charge in [0.1, 0.15) is 16.4 Å². The van der Waals surface area contributed by atoms with Crippen molar-refractivity contribution in [2.24, 2.45) is 0 Å². The van der Waals surface area contributed by atoms with Crippen LogP contribution in [0.15, 0.2) is 47.4 Å². The number of benzene rings is 2. The quantitative estimate of drug-likeness (QED) is 0.825. The lowest BCUT2D eigenvalue weighted by molar-refractivity contribution is 0.394. The van der Waals surface area contributed by atoms with Gasteiger partial charge in [-0.2, -0.15) is 0 Å². The number of rotatable bonds is 5. The van der Waals surface area contributed by atoms with Crippen molar-refractivity contribution < 1.29 is 17.9 Å². The molecular weight excluding hydrogens is 292 g/mol. The van der Waals surface area contributed by atoms with Crippen molar-refractivity contribution in [3.05, 3.63) is 42.5 Å². The second-order valence-electron chi connectivity index (χ2n) is 4.22. The summed E-state index contributed by atoms with van der Waals surface area (Å²) in [6.45, 7) is 0. The van der Waals surface area contributed by atoms with Gasteiger partial charge in [-0.05, 0) is 12.1 Å². The average Bonchev–Trinajstić information content (AvgIpc) is 2.47. The van der Waals surface area contributed by atoms with Gasteiger partial charge in [-0.25, -0.2) is 8.42 Å². The summed E-state index contributed by atoms with van der Waals surface area (Å²) in [7, 11) is -1.02. The molecule has 0 heterocycles. The van der Waals surface area contributed by atoms with Crippen LogP contribution in [0.2, 0.25) is 0 Å². The van der Waals surface area contributed by atoms with Crippen molar-refractivity contribution >= 4 is 21.4 Å². The van der Waals surface area contributed by atoms with Gasteiger partial charge in [-0.1, -0.05) is 18.2 Å². The van der Waals surface area contributed by atoms with E-state index in [1.165, 1.54) is 26.4 Å². The Morgan fingerprint density at radius 2 is 1.62 bits per heavy atom. The molecular formula is C14H16N2O4S. The van der Waals surface area contributed by atoms with Crippen LogP contribution in [0.1, 0.15) is 0 Å². The molecule has 7 heteroatoms. The van der Waals surface area contributed by atoms with Crippen LogP contribution in [0.5, 0.6) is 11.5 Å². The minimum absolute atomic E-state index is 0.0418. The Hall–Kier alpha value is -2.41. The molecule has 3 N–H and O–H groups in total. The van der Waals surface area contributed by atoms with Crippen molar-refractivity contribution in [3.8, 4) is 11.5 Å². The molecule has 0 bridgehead atoms. The molecule has 0 saturated heterocycles. The monoisotopic (exact) mass is 308 g/mol. The Bertz CT molecular complexity index is 730. The predicted octanol–water partition coefficient (Wildman–Crippen LogP) is 2.09. The minimum Gasteiger partial charge on any atom is -0.495 e. The molecule has 6 nitrogen and oxygen atoms in total. The molecule has 0 aliphatic rings. The lowest BCUT2D eigenvalue weighted by Crippen LogP contribution is -2.14. The molecule has 0 saturated carbocycles. The summed E-state index contributed by atoms with van der Waals surface area (Å²) in [5.41, 5.74) is 6.51. The number of para-hydroxylation sites is 1. The standard InChI is InChI=1S/C14H16N2O4S/c1-19-12-9-14(13(20-2)8-11(12)15)21(17,18)16-10-6-4-3-5-7-10/h3-9,16H,15H2,1-2H3. The zero-order chi connectivity index (χ0) is 15.5. The SMILES string of the molecule is COc1cc(S(=O)(=O)Nc2ccccc2)c(OC)cc1N. The van der Waals surface area contributed by atoms with E-state index >= 15 is 0 Å². The third-order valence-corrected chi connectivity index (χ3v) is 4.23. The van der Waals surface area contributed by atoms with Crippen LogP contribution >= 0.6 is 0 Å². The highest BCUT2D eigenvalue weighted by molar-refractivity contribution is 7.92. The fourth-order valence-electron chi connectivity index (χ4n) is 1.82. The number of sulfonamides is 1. The van der Waals surface area contributed by atoms with Gasteiger partial charge < -0.3 is 15.2 Å². The van der Waals surface area contributed by atoms with Crippen LogP contribution in [-0.4, -0.2) is 22.6 Å². The zero-order valence-electron chi connectivity index (χ0n) is 11.7. The summed E-state index contributed by atoms with van der Waals surface area (Å²) in [6.07, 6.45) is 0. The summed E-state index contributed by atoms with van der Waals surface area (Å²) in [5, 5.41) is 0. The van der Waals surface area contributed by atoms with Crippen molar-refractivity contribution in [3.63, 3.8) is 0 Å². The van der Waals surface area contributed by atoms with E-state index in [2.05, 4.69) is 4.72 Å². The van der Waals surface area contributed by atoms with Crippen molar-refractivity contribution in [1.29, 1.82) is 0 Å². The molecule has 0 radical (unpaired) electrons. The van der Waals surface area contributed by atoms with E-state index in [-0.39, 0.29) is 16.4 Å². The summed E-state index contributed by atoms with van der Waals surface area (Å²) in [5.74, 6) is 0.418. The summed E-state index contributed by atoms with van der Waals surface area (Å²) in [6, 6.07) is 11.3. The van der Waals surface area contributed by atoms with Gasteiger partial charge in [0.05, 0.1) is 19.9 Å². The predicted molar refractivity (Wildman–Crippen MR) is 81.2 cm³/mol. The molecule has 0 aromatic heterocycles. The van der Waals surface area contributed by atoms with Crippen molar-refractivity contribution in [2.75, 3.05) is 24.7 Å². The van der Waals surface area contributed by atoms with E-state index < -0.39 is 10.0 Å². The van der Waals surface area contributed by atoms with Crippen LogP contribution in [0.4, 0.5) is 11.4 Å². The van der Waals surface area contributed by atoms with Crippen molar-refractivity contribution in [2.45, 2.75) is 4.90 Å². The molecule has 2 aromatic rings. The van der Waals surface area contributed by atoms with Crippen LogP contribution in [0.3, 0.4) is 0 Å². The number of ether oxygens (including phenoxy) is 2. The van der Waals surface area contributed by atoms with Crippen LogP contribution in [-0.2, 0) is 10.0 Å². The third kappa shape index (κ3) is 3.19. The highest BCUT2D eigenvalue weighted by Gasteiger charge is 2.22. The maximum Gasteiger partial charge on any atom is 0.265 e. The minimum atomic E-state index is -3.82. The molecule has 2 rings (SSSR count). The van der Waals surface area contributed by atoms with Gasteiger partial charge in [0.15, 0.2) is 0 Å². The Labute approximate surface area is 123 Å². The molecule has 21 heavy (non-hydrogen) atoms. The maximum atomic E-state index is 12.5. The second-order valence-corrected chi connectivity index (χ2v) is 5.87. The average molecular weight is 308 g/mol. The fraction of sp³-hybridized carbons (Fsp3) is 0.143. The normalized spacial score (nSPS) is 11.0. The first kappa shape index (κ1) is 15.0. The first-order valence-corrected chi connectivity index (χ1v) is 7.55. The number of nitrogens with one attached hydrogen (secondary N) is 1. The number of anilines is 2. The molecule has 0 aliphatic heterocycles.